The summed E-state index contributed by atoms with van der Waals surface area (Å²) in [5, 5.41) is 7.19. The van der Waals surface area contributed by atoms with Crippen LogP contribution in [0.15, 0.2) is 11.2 Å². The molecule has 9 heteroatoms. The Bertz CT molecular complexity index is 548. The van der Waals surface area contributed by atoms with Gasteiger partial charge in [-0.25, -0.2) is 9.98 Å². The molecule has 1 fully saturated rings. The first-order valence-electron chi connectivity index (χ1n) is 8.47. The van der Waals surface area contributed by atoms with Crippen LogP contribution in [0.3, 0.4) is 0 Å². The lowest BCUT2D eigenvalue weighted by Gasteiger charge is -2.31. The summed E-state index contributed by atoms with van der Waals surface area (Å²) in [6, 6.07) is -0.189. The SMILES string of the molecule is CCNC(=NCc1ncc(CC)s1)NC1CCCC(C(F)(F)F)C1.I. The Kier molecular flexibility index (Phi) is 9.47. The molecule has 1 heterocycles. The maximum atomic E-state index is 12.9. The Morgan fingerprint density at radius 3 is 2.72 bits per heavy atom. The minimum Gasteiger partial charge on any atom is -0.357 e. The monoisotopic (exact) mass is 490 g/mol. The number of halogens is 4. The van der Waals surface area contributed by atoms with Gasteiger partial charge in [-0.1, -0.05) is 13.3 Å². The zero-order valence-electron chi connectivity index (χ0n) is 14.5. The van der Waals surface area contributed by atoms with E-state index in [4.69, 9.17) is 0 Å². The van der Waals surface area contributed by atoms with E-state index < -0.39 is 12.1 Å². The Labute approximate surface area is 168 Å². The summed E-state index contributed by atoms with van der Waals surface area (Å²) < 4.78 is 38.8. The number of nitrogens with zero attached hydrogens (tertiary/aromatic N) is 2. The molecule has 2 unspecified atom stereocenters. The van der Waals surface area contributed by atoms with Crippen molar-refractivity contribution in [1.82, 2.24) is 15.6 Å². The number of thiazole rings is 1. The summed E-state index contributed by atoms with van der Waals surface area (Å²) >= 11 is 1.62. The van der Waals surface area contributed by atoms with Crippen molar-refractivity contribution < 1.29 is 13.2 Å². The van der Waals surface area contributed by atoms with Crippen LogP contribution >= 0.6 is 35.3 Å². The van der Waals surface area contributed by atoms with Crippen LogP contribution in [0.1, 0.15) is 49.4 Å². The molecule has 1 aliphatic rings. The molecule has 0 bridgehead atoms. The molecule has 1 aliphatic carbocycles. The minimum atomic E-state index is -4.10. The molecule has 0 amide bonds. The first-order valence-corrected chi connectivity index (χ1v) is 9.29. The molecule has 25 heavy (non-hydrogen) atoms. The number of aromatic nitrogens is 1. The van der Waals surface area contributed by atoms with Crippen LogP contribution < -0.4 is 10.6 Å². The van der Waals surface area contributed by atoms with Gasteiger partial charge in [-0.3, -0.25) is 0 Å². The van der Waals surface area contributed by atoms with Gasteiger partial charge in [0.05, 0.1) is 12.5 Å². The van der Waals surface area contributed by atoms with Gasteiger partial charge < -0.3 is 10.6 Å². The molecule has 0 aliphatic heterocycles. The molecule has 0 spiro atoms. The highest BCUT2D eigenvalue weighted by molar-refractivity contribution is 14.0. The summed E-state index contributed by atoms with van der Waals surface area (Å²) in [5.41, 5.74) is 0. The molecular formula is C16H26F3IN4S. The Hall–Kier alpha value is -0.580. The zero-order chi connectivity index (χ0) is 17.6. The predicted molar refractivity (Wildman–Crippen MR) is 107 cm³/mol. The fourth-order valence-electron chi connectivity index (χ4n) is 2.86. The third-order valence-corrected chi connectivity index (χ3v) is 5.27. The molecule has 1 aromatic heterocycles. The fourth-order valence-corrected chi connectivity index (χ4v) is 3.65. The molecule has 1 aromatic rings. The van der Waals surface area contributed by atoms with E-state index in [1.807, 2.05) is 13.1 Å². The highest BCUT2D eigenvalue weighted by atomic mass is 127. The number of hydrogen-bond donors (Lipinski definition) is 2. The second-order valence-corrected chi connectivity index (χ2v) is 7.22. The van der Waals surface area contributed by atoms with Crippen LogP contribution in [-0.4, -0.2) is 29.7 Å². The number of aryl methyl sites for hydroxylation is 1. The topological polar surface area (TPSA) is 49.3 Å². The van der Waals surface area contributed by atoms with Gasteiger partial charge in [-0.15, -0.1) is 35.3 Å². The van der Waals surface area contributed by atoms with Gasteiger partial charge in [0.25, 0.3) is 0 Å². The van der Waals surface area contributed by atoms with E-state index in [-0.39, 0.29) is 42.9 Å². The van der Waals surface area contributed by atoms with E-state index in [2.05, 4.69) is 27.5 Å². The standard InChI is InChI=1S/C16H25F3N4S.HI/c1-3-13-9-21-14(24-13)10-22-15(20-4-2)23-12-7-5-6-11(8-12)16(17,18)19;/h9,11-12H,3-8,10H2,1-2H3,(H2,20,22,23);1H. The van der Waals surface area contributed by atoms with Crippen LogP contribution in [0.4, 0.5) is 13.2 Å². The van der Waals surface area contributed by atoms with E-state index in [0.717, 1.165) is 17.8 Å². The molecule has 4 nitrogen and oxygen atoms in total. The first-order chi connectivity index (χ1) is 11.4. The summed E-state index contributed by atoms with van der Waals surface area (Å²) in [6.07, 6.45) is 0.375. The third-order valence-electron chi connectivity index (χ3n) is 4.14. The second-order valence-electron chi connectivity index (χ2n) is 6.02. The van der Waals surface area contributed by atoms with Crippen molar-refractivity contribution >= 4 is 41.3 Å². The third kappa shape index (κ3) is 7.28. The van der Waals surface area contributed by atoms with E-state index >= 15 is 0 Å². The number of alkyl halides is 3. The van der Waals surface area contributed by atoms with Crippen LogP contribution in [0, 0.1) is 5.92 Å². The van der Waals surface area contributed by atoms with Crippen molar-refractivity contribution in [2.24, 2.45) is 10.9 Å². The van der Waals surface area contributed by atoms with Crippen molar-refractivity contribution in [3.8, 4) is 0 Å². The largest absolute Gasteiger partial charge is 0.391 e. The average molecular weight is 490 g/mol. The van der Waals surface area contributed by atoms with Crippen molar-refractivity contribution in [3.05, 3.63) is 16.1 Å². The van der Waals surface area contributed by atoms with Gasteiger partial charge in [0.1, 0.15) is 5.01 Å². The van der Waals surface area contributed by atoms with Gasteiger partial charge in [0, 0.05) is 23.7 Å². The molecule has 2 N–H and O–H groups in total. The van der Waals surface area contributed by atoms with Crippen LogP contribution in [0.5, 0.6) is 0 Å². The minimum absolute atomic E-state index is 0. The summed E-state index contributed by atoms with van der Waals surface area (Å²) in [7, 11) is 0. The van der Waals surface area contributed by atoms with E-state index in [1.165, 1.54) is 4.88 Å². The number of guanidine groups is 1. The molecule has 1 saturated carbocycles. The van der Waals surface area contributed by atoms with Gasteiger partial charge in [0.15, 0.2) is 5.96 Å². The van der Waals surface area contributed by atoms with Crippen molar-refractivity contribution in [3.63, 3.8) is 0 Å². The van der Waals surface area contributed by atoms with E-state index in [9.17, 15) is 13.2 Å². The lowest BCUT2D eigenvalue weighted by atomic mass is 9.85. The van der Waals surface area contributed by atoms with Gasteiger partial charge in [-0.2, -0.15) is 13.2 Å². The molecular weight excluding hydrogens is 464 g/mol. The number of rotatable bonds is 5. The summed E-state index contributed by atoms with van der Waals surface area (Å²) in [4.78, 5) is 10.00. The van der Waals surface area contributed by atoms with Crippen molar-refractivity contribution in [1.29, 1.82) is 0 Å². The van der Waals surface area contributed by atoms with Crippen LogP contribution in [-0.2, 0) is 13.0 Å². The molecule has 0 saturated heterocycles. The second kappa shape index (κ2) is 10.5. The Balaban J connectivity index is 0.00000312. The Morgan fingerprint density at radius 2 is 2.12 bits per heavy atom. The van der Waals surface area contributed by atoms with Gasteiger partial charge in [0.2, 0.25) is 0 Å². The van der Waals surface area contributed by atoms with Crippen LogP contribution in [0.2, 0.25) is 0 Å². The number of nitrogens with one attached hydrogen (secondary N) is 2. The molecule has 0 aromatic carbocycles. The molecule has 2 rings (SSSR count). The van der Waals surface area contributed by atoms with E-state index in [1.54, 1.807) is 11.3 Å². The maximum Gasteiger partial charge on any atom is 0.391 e. The quantitative estimate of drug-likeness (QED) is 0.363. The number of hydrogen-bond acceptors (Lipinski definition) is 3. The first kappa shape index (κ1) is 22.5. The molecule has 0 radical (unpaired) electrons. The normalized spacial score (nSPS) is 21.6. The Morgan fingerprint density at radius 1 is 1.36 bits per heavy atom. The van der Waals surface area contributed by atoms with Gasteiger partial charge >= 0.3 is 6.18 Å². The maximum absolute atomic E-state index is 12.9. The highest BCUT2D eigenvalue weighted by Crippen LogP contribution is 2.37. The summed E-state index contributed by atoms with van der Waals surface area (Å²) in [6.45, 7) is 5.12. The average Bonchev–Trinajstić information content (AvgIpc) is 3.00. The molecule has 144 valence electrons. The van der Waals surface area contributed by atoms with Gasteiger partial charge in [-0.05, 0) is 32.6 Å². The molecule has 2 atom stereocenters. The fraction of sp³-hybridized carbons (Fsp3) is 0.750. The number of aliphatic imine (C=N–C) groups is 1. The van der Waals surface area contributed by atoms with Crippen molar-refractivity contribution in [2.75, 3.05) is 6.54 Å². The highest BCUT2D eigenvalue weighted by Gasteiger charge is 2.42. The summed E-state index contributed by atoms with van der Waals surface area (Å²) in [5.74, 6) is -0.642. The smallest absolute Gasteiger partial charge is 0.357 e. The zero-order valence-corrected chi connectivity index (χ0v) is 17.7. The van der Waals surface area contributed by atoms with Crippen LogP contribution in [0.25, 0.3) is 0 Å². The predicted octanol–water partition coefficient (Wildman–Crippen LogP) is 4.50. The van der Waals surface area contributed by atoms with E-state index in [0.29, 0.717) is 25.5 Å². The van der Waals surface area contributed by atoms with Crippen molar-refractivity contribution in [2.45, 2.75) is 64.7 Å². The lowest BCUT2D eigenvalue weighted by Crippen LogP contribution is -2.46. The lowest BCUT2D eigenvalue weighted by molar-refractivity contribution is -0.183.